The van der Waals surface area contributed by atoms with Crippen LogP contribution in [-0.4, -0.2) is 11.5 Å². The van der Waals surface area contributed by atoms with Gasteiger partial charge in [0, 0.05) is 10.3 Å². The van der Waals surface area contributed by atoms with Crippen LogP contribution in [0.5, 0.6) is 0 Å². The monoisotopic (exact) mass is 297 g/mol. The molecule has 0 spiro atoms. The summed E-state index contributed by atoms with van der Waals surface area (Å²) in [6.07, 6.45) is 14.1. The summed E-state index contributed by atoms with van der Waals surface area (Å²) in [6.45, 7) is 2.29. The fourth-order valence-electron chi connectivity index (χ4n) is 2.19. The van der Waals surface area contributed by atoms with Crippen molar-refractivity contribution in [3.8, 4) is 0 Å². The molecule has 0 aliphatic carbocycles. The van der Waals surface area contributed by atoms with E-state index in [0.717, 1.165) is 0 Å². The highest BCUT2D eigenvalue weighted by Gasteiger charge is 1.95. The zero-order chi connectivity index (χ0) is 13.6. The lowest BCUT2D eigenvalue weighted by Crippen LogP contribution is -1.88. The summed E-state index contributed by atoms with van der Waals surface area (Å²) in [5.74, 6) is 2.69. The van der Waals surface area contributed by atoms with Crippen molar-refractivity contribution in [3.05, 3.63) is 22.4 Å². The highest BCUT2D eigenvalue weighted by molar-refractivity contribution is 7.99. The molecule has 0 N–H and O–H groups in total. The lowest BCUT2D eigenvalue weighted by Gasteiger charge is -2.02. The number of hydrogen-bond acceptors (Lipinski definition) is 2. The number of aryl methyl sites for hydroxylation is 1. The second kappa shape index (κ2) is 13.1. The van der Waals surface area contributed by atoms with E-state index < -0.39 is 0 Å². The first-order chi connectivity index (χ1) is 9.43. The van der Waals surface area contributed by atoms with E-state index in [1.165, 1.54) is 80.6 Å². The molecule has 0 saturated carbocycles. The van der Waals surface area contributed by atoms with Crippen LogP contribution in [0.1, 0.15) is 69.6 Å². The Labute approximate surface area is 128 Å². The smallest absolute Gasteiger partial charge is 0.0445 e. The number of unbranched alkanes of at least 4 members (excludes halogenated alkanes) is 7. The first kappa shape index (κ1) is 17.1. The Morgan fingerprint density at radius 3 is 2.32 bits per heavy atom. The fourth-order valence-corrected chi connectivity index (χ4v) is 3.82. The molecule has 1 radical (unpaired) electrons. The molecule has 1 aromatic heterocycles. The minimum absolute atomic E-state index is 1.25. The Kier molecular flexibility index (Phi) is 11.7. The summed E-state index contributed by atoms with van der Waals surface area (Å²) >= 11 is 3.91. The molecule has 19 heavy (non-hydrogen) atoms. The number of thiophene rings is 1. The molecule has 0 nitrogen and oxygen atoms in total. The average molecular weight is 298 g/mol. The highest BCUT2D eigenvalue weighted by Crippen LogP contribution is 2.14. The summed E-state index contributed by atoms with van der Waals surface area (Å²) in [5, 5.41) is 3.16. The maximum absolute atomic E-state index is 3.16. The van der Waals surface area contributed by atoms with Crippen molar-refractivity contribution in [2.45, 2.75) is 71.1 Å². The maximum atomic E-state index is 3.16. The predicted octanol–water partition coefficient (Wildman–Crippen LogP) is 6.35. The van der Waals surface area contributed by atoms with Crippen LogP contribution >= 0.6 is 23.1 Å². The molecule has 0 amide bonds. The molecule has 0 unspecified atom stereocenters. The first-order valence-corrected chi connectivity index (χ1v) is 9.93. The highest BCUT2D eigenvalue weighted by atomic mass is 32.2. The van der Waals surface area contributed by atoms with Crippen LogP contribution in [0.3, 0.4) is 0 Å². The Morgan fingerprint density at radius 1 is 0.947 bits per heavy atom. The topological polar surface area (TPSA) is 0 Å². The molecule has 0 bridgehead atoms. The van der Waals surface area contributed by atoms with Crippen molar-refractivity contribution in [2.24, 2.45) is 0 Å². The molecule has 1 rings (SSSR count). The molecule has 0 aliphatic rings. The van der Waals surface area contributed by atoms with Crippen LogP contribution in [-0.2, 0) is 6.42 Å². The number of rotatable bonds is 13. The van der Waals surface area contributed by atoms with E-state index in [1.807, 2.05) is 6.07 Å². The Balaban J connectivity index is 1.72. The summed E-state index contributed by atoms with van der Waals surface area (Å²) < 4.78 is 0. The van der Waals surface area contributed by atoms with E-state index in [4.69, 9.17) is 0 Å². The standard InChI is InChI=1S/C17H29S2/c1-2-3-4-5-6-7-8-9-14-18-15-10-12-17-13-11-16-19-17/h11,13H,2-10,12,14-15H2,1H3. The van der Waals surface area contributed by atoms with Crippen LogP contribution in [0.25, 0.3) is 0 Å². The van der Waals surface area contributed by atoms with E-state index in [-0.39, 0.29) is 0 Å². The summed E-state index contributed by atoms with van der Waals surface area (Å²) in [6, 6.07) is 4.24. The van der Waals surface area contributed by atoms with Crippen molar-refractivity contribution in [2.75, 3.05) is 11.5 Å². The largest absolute Gasteiger partial charge is 0.162 e. The molecule has 1 heterocycles. The van der Waals surface area contributed by atoms with Crippen LogP contribution in [0.2, 0.25) is 0 Å². The van der Waals surface area contributed by atoms with Gasteiger partial charge in [0.1, 0.15) is 0 Å². The lowest BCUT2D eigenvalue weighted by atomic mass is 10.1. The molecular formula is C17H29S2. The summed E-state index contributed by atoms with van der Waals surface area (Å²) in [5.41, 5.74) is 0. The normalized spacial score (nSPS) is 11.0. The van der Waals surface area contributed by atoms with E-state index in [1.54, 1.807) is 11.3 Å². The second-order valence-electron chi connectivity index (χ2n) is 5.21. The van der Waals surface area contributed by atoms with E-state index in [2.05, 4.69) is 30.1 Å². The van der Waals surface area contributed by atoms with Gasteiger partial charge in [-0.25, -0.2) is 0 Å². The van der Waals surface area contributed by atoms with Crippen molar-refractivity contribution in [1.29, 1.82) is 0 Å². The minimum Gasteiger partial charge on any atom is -0.162 e. The molecule has 109 valence electrons. The van der Waals surface area contributed by atoms with Gasteiger partial charge in [0.2, 0.25) is 0 Å². The zero-order valence-electron chi connectivity index (χ0n) is 12.5. The van der Waals surface area contributed by atoms with Gasteiger partial charge in [-0.1, -0.05) is 51.9 Å². The molecular weight excluding hydrogens is 268 g/mol. The fraction of sp³-hybridized carbons (Fsp3) is 0.765. The van der Waals surface area contributed by atoms with Crippen molar-refractivity contribution in [1.82, 2.24) is 0 Å². The van der Waals surface area contributed by atoms with Crippen LogP contribution in [0.15, 0.2) is 12.1 Å². The Hall–Kier alpha value is 0.0500. The number of hydrogen-bond donors (Lipinski definition) is 0. The van der Waals surface area contributed by atoms with Gasteiger partial charge < -0.3 is 0 Å². The third kappa shape index (κ3) is 10.5. The van der Waals surface area contributed by atoms with Crippen molar-refractivity contribution in [3.63, 3.8) is 0 Å². The lowest BCUT2D eigenvalue weighted by molar-refractivity contribution is 0.586. The number of thioether (sulfide) groups is 1. The Bertz CT molecular complexity index is 267. The third-order valence-corrected chi connectivity index (χ3v) is 5.39. The quantitative estimate of drug-likeness (QED) is 0.382. The van der Waals surface area contributed by atoms with Crippen LogP contribution in [0.4, 0.5) is 0 Å². The van der Waals surface area contributed by atoms with Gasteiger partial charge in [0.25, 0.3) is 0 Å². The molecule has 0 aromatic carbocycles. The second-order valence-corrected chi connectivity index (χ2v) is 7.40. The Morgan fingerprint density at radius 2 is 1.63 bits per heavy atom. The molecule has 2 heteroatoms. The van der Waals surface area contributed by atoms with E-state index >= 15 is 0 Å². The first-order valence-electron chi connectivity index (χ1n) is 7.96. The molecule has 0 saturated heterocycles. The van der Waals surface area contributed by atoms with Gasteiger partial charge in [0.05, 0.1) is 0 Å². The SMILES string of the molecule is CCCCCCCCCCSCCCc1cc[c]s1. The molecule has 0 fully saturated rings. The molecule has 1 aromatic rings. The summed E-state index contributed by atoms with van der Waals surface area (Å²) in [7, 11) is 0. The third-order valence-electron chi connectivity index (χ3n) is 3.38. The maximum Gasteiger partial charge on any atom is 0.0445 e. The van der Waals surface area contributed by atoms with Gasteiger partial charge in [-0.05, 0) is 42.9 Å². The predicted molar refractivity (Wildman–Crippen MR) is 91.4 cm³/mol. The van der Waals surface area contributed by atoms with Crippen molar-refractivity contribution < 1.29 is 0 Å². The van der Waals surface area contributed by atoms with Gasteiger partial charge in [-0.3, -0.25) is 0 Å². The van der Waals surface area contributed by atoms with E-state index in [9.17, 15) is 0 Å². The van der Waals surface area contributed by atoms with Crippen LogP contribution < -0.4 is 0 Å². The van der Waals surface area contributed by atoms with Gasteiger partial charge in [0.15, 0.2) is 0 Å². The van der Waals surface area contributed by atoms with Gasteiger partial charge in [-0.2, -0.15) is 11.8 Å². The van der Waals surface area contributed by atoms with E-state index in [0.29, 0.717) is 0 Å². The van der Waals surface area contributed by atoms with Gasteiger partial charge >= 0.3 is 0 Å². The van der Waals surface area contributed by atoms with Crippen LogP contribution in [0, 0.1) is 5.38 Å². The van der Waals surface area contributed by atoms with Crippen molar-refractivity contribution >= 4 is 23.1 Å². The minimum atomic E-state index is 1.25. The zero-order valence-corrected chi connectivity index (χ0v) is 14.1. The van der Waals surface area contributed by atoms with Gasteiger partial charge in [-0.15, -0.1) is 11.3 Å². The summed E-state index contributed by atoms with van der Waals surface area (Å²) in [4.78, 5) is 1.49. The molecule has 0 atom stereocenters. The molecule has 0 aliphatic heterocycles. The average Bonchev–Trinajstić information content (AvgIpc) is 2.93.